The van der Waals surface area contributed by atoms with Gasteiger partial charge in [-0.1, -0.05) is 6.07 Å². The van der Waals surface area contributed by atoms with Crippen molar-refractivity contribution in [3.63, 3.8) is 0 Å². The first kappa shape index (κ1) is 14.2. The number of carboxylic acid groups (broad SMARTS) is 1. The van der Waals surface area contributed by atoms with Crippen LogP contribution in [0.5, 0.6) is 0 Å². The Labute approximate surface area is 101 Å². The maximum absolute atomic E-state index is 10.6. The van der Waals surface area contributed by atoms with E-state index >= 15 is 0 Å². The van der Waals surface area contributed by atoms with Gasteiger partial charge >= 0.3 is 12.1 Å². The van der Waals surface area contributed by atoms with Crippen molar-refractivity contribution in [2.75, 3.05) is 18.2 Å². The summed E-state index contributed by atoms with van der Waals surface area (Å²) in [6.45, 7) is 1.77. The Morgan fingerprint density at radius 3 is 2.50 bits per heavy atom. The summed E-state index contributed by atoms with van der Waals surface area (Å²) >= 11 is 0. The number of halogens is 3. The third-order valence-electron chi connectivity index (χ3n) is 1.90. The van der Waals surface area contributed by atoms with Crippen molar-refractivity contribution in [2.24, 2.45) is 0 Å². The number of aliphatic carboxylic acids is 1. The van der Waals surface area contributed by atoms with E-state index in [1.807, 2.05) is 23.3 Å². The molecule has 2 rings (SSSR count). The van der Waals surface area contributed by atoms with Gasteiger partial charge in [0.2, 0.25) is 0 Å². The second kappa shape index (κ2) is 6.20. The van der Waals surface area contributed by atoms with Gasteiger partial charge in [-0.15, -0.1) is 0 Å². The van der Waals surface area contributed by atoms with E-state index in [-0.39, 0.29) is 0 Å². The summed E-state index contributed by atoms with van der Waals surface area (Å²) in [5.41, 5.74) is 0. The van der Waals surface area contributed by atoms with Crippen LogP contribution in [0.1, 0.15) is 6.42 Å². The molecule has 1 N–H and O–H groups in total. The molecule has 2 heterocycles. The van der Waals surface area contributed by atoms with Crippen LogP contribution in [0, 0.1) is 0 Å². The van der Waals surface area contributed by atoms with E-state index in [1.54, 1.807) is 6.20 Å². The average Bonchev–Trinajstić information content (AvgIpc) is 2.83. The second-order valence-electron chi connectivity index (χ2n) is 3.28. The van der Waals surface area contributed by atoms with Gasteiger partial charge in [0, 0.05) is 12.7 Å². The van der Waals surface area contributed by atoms with Gasteiger partial charge in [0.25, 0.3) is 0 Å². The minimum atomic E-state index is -5.08. The lowest BCUT2D eigenvalue weighted by molar-refractivity contribution is -0.192. The van der Waals surface area contributed by atoms with Gasteiger partial charge in [-0.2, -0.15) is 13.2 Å². The van der Waals surface area contributed by atoms with Crippen LogP contribution in [0.3, 0.4) is 0 Å². The molecule has 0 aromatic carbocycles. The van der Waals surface area contributed by atoms with E-state index < -0.39 is 12.1 Å². The molecule has 1 aromatic heterocycles. The van der Waals surface area contributed by atoms with Gasteiger partial charge in [-0.3, -0.25) is 4.84 Å². The third kappa shape index (κ3) is 4.58. The molecule has 8 heteroatoms. The number of anilines is 1. The number of hydrogen-bond donors (Lipinski definition) is 1. The van der Waals surface area contributed by atoms with Gasteiger partial charge in [0.05, 0.1) is 6.61 Å². The first-order valence-electron chi connectivity index (χ1n) is 5.03. The van der Waals surface area contributed by atoms with Crippen LogP contribution in [0.2, 0.25) is 0 Å². The molecule has 1 aliphatic heterocycles. The van der Waals surface area contributed by atoms with Crippen molar-refractivity contribution in [1.82, 2.24) is 4.98 Å². The molecule has 1 aromatic rings. The summed E-state index contributed by atoms with van der Waals surface area (Å²) in [5.74, 6) is -1.85. The zero-order chi connectivity index (χ0) is 13.6. The summed E-state index contributed by atoms with van der Waals surface area (Å²) in [6.07, 6.45) is -2.21. The zero-order valence-electron chi connectivity index (χ0n) is 9.22. The number of nitrogens with zero attached hydrogens (tertiary/aromatic N) is 2. The van der Waals surface area contributed by atoms with Crippen molar-refractivity contribution >= 4 is 11.8 Å². The number of carbonyl (C=O) groups is 1. The smallest absolute Gasteiger partial charge is 0.475 e. The molecule has 0 bridgehead atoms. The minimum Gasteiger partial charge on any atom is -0.475 e. The highest BCUT2D eigenvalue weighted by Crippen LogP contribution is 2.14. The Hall–Kier alpha value is -1.83. The normalized spacial score (nSPS) is 14.9. The molecule has 0 aliphatic carbocycles. The topological polar surface area (TPSA) is 62.7 Å². The Balaban J connectivity index is 0.000000203. The molecule has 0 spiro atoms. The SMILES string of the molecule is O=C(O)C(F)(F)F.c1ccc(N2CCCO2)nc1. The lowest BCUT2D eigenvalue weighted by atomic mass is 10.4. The highest BCUT2D eigenvalue weighted by atomic mass is 19.4. The second-order valence-corrected chi connectivity index (χ2v) is 3.28. The van der Waals surface area contributed by atoms with Crippen molar-refractivity contribution in [1.29, 1.82) is 0 Å². The van der Waals surface area contributed by atoms with Crippen LogP contribution in [-0.4, -0.2) is 35.4 Å². The molecule has 1 fully saturated rings. The molecule has 0 saturated carbocycles. The van der Waals surface area contributed by atoms with E-state index in [9.17, 15) is 13.2 Å². The maximum Gasteiger partial charge on any atom is 0.490 e. The summed E-state index contributed by atoms with van der Waals surface area (Å²) in [4.78, 5) is 18.4. The molecule has 5 nitrogen and oxygen atoms in total. The predicted molar refractivity (Wildman–Crippen MR) is 55.8 cm³/mol. The van der Waals surface area contributed by atoms with Gasteiger partial charge < -0.3 is 5.11 Å². The van der Waals surface area contributed by atoms with E-state index in [0.29, 0.717) is 0 Å². The predicted octanol–water partition coefficient (Wildman–Crippen LogP) is 1.86. The zero-order valence-corrected chi connectivity index (χ0v) is 9.22. The number of carboxylic acids is 1. The summed E-state index contributed by atoms with van der Waals surface area (Å²) in [5, 5.41) is 8.96. The first-order valence-corrected chi connectivity index (χ1v) is 5.03. The highest BCUT2D eigenvalue weighted by Gasteiger charge is 2.38. The molecule has 1 saturated heterocycles. The molecule has 18 heavy (non-hydrogen) atoms. The molecular weight excluding hydrogens is 253 g/mol. The number of hydrogen-bond acceptors (Lipinski definition) is 4. The average molecular weight is 264 g/mol. The number of aromatic nitrogens is 1. The Morgan fingerprint density at radius 1 is 1.44 bits per heavy atom. The molecule has 0 unspecified atom stereocenters. The van der Waals surface area contributed by atoms with Crippen LogP contribution in [0.25, 0.3) is 0 Å². The number of pyridine rings is 1. The lowest BCUT2D eigenvalue weighted by Crippen LogP contribution is -2.21. The molecule has 100 valence electrons. The van der Waals surface area contributed by atoms with Crippen LogP contribution >= 0.6 is 0 Å². The van der Waals surface area contributed by atoms with E-state index in [0.717, 1.165) is 25.4 Å². The summed E-state index contributed by atoms with van der Waals surface area (Å²) in [7, 11) is 0. The van der Waals surface area contributed by atoms with Crippen molar-refractivity contribution in [3.05, 3.63) is 24.4 Å². The van der Waals surface area contributed by atoms with E-state index in [1.165, 1.54) is 0 Å². The van der Waals surface area contributed by atoms with E-state index in [4.69, 9.17) is 14.7 Å². The van der Waals surface area contributed by atoms with Crippen molar-refractivity contribution < 1.29 is 27.9 Å². The fourth-order valence-corrected chi connectivity index (χ4v) is 1.13. The highest BCUT2D eigenvalue weighted by molar-refractivity contribution is 5.73. The van der Waals surface area contributed by atoms with Crippen molar-refractivity contribution in [2.45, 2.75) is 12.6 Å². The maximum atomic E-state index is 10.6. The van der Waals surface area contributed by atoms with Crippen LogP contribution in [-0.2, 0) is 9.63 Å². The Morgan fingerprint density at radius 2 is 2.11 bits per heavy atom. The van der Waals surface area contributed by atoms with Gasteiger partial charge in [0.1, 0.15) is 0 Å². The fraction of sp³-hybridized carbons (Fsp3) is 0.400. The number of hydroxylamine groups is 1. The molecule has 0 radical (unpaired) electrons. The Kier molecular flexibility index (Phi) is 4.90. The van der Waals surface area contributed by atoms with Crippen molar-refractivity contribution in [3.8, 4) is 0 Å². The molecular formula is C10H11F3N2O3. The molecule has 1 aliphatic rings. The van der Waals surface area contributed by atoms with E-state index in [2.05, 4.69) is 4.98 Å². The summed E-state index contributed by atoms with van der Waals surface area (Å²) < 4.78 is 31.7. The van der Waals surface area contributed by atoms with Gasteiger partial charge in [-0.05, 0) is 18.6 Å². The first-order chi connectivity index (χ1) is 8.41. The lowest BCUT2D eigenvalue weighted by Gasteiger charge is -2.13. The summed E-state index contributed by atoms with van der Waals surface area (Å²) in [6, 6.07) is 5.81. The monoisotopic (exact) mass is 264 g/mol. The largest absolute Gasteiger partial charge is 0.490 e. The Bertz CT molecular complexity index is 378. The fourth-order valence-electron chi connectivity index (χ4n) is 1.13. The molecule has 0 atom stereocenters. The number of alkyl halides is 3. The quantitative estimate of drug-likeness (QED) is 0.838. The van der Waals surface area contributed by atoms with Gasteiger partial charge in [0.15, 0.2) is 5.82 Å². The number of rotatable bonds is 1. The van der Waals surface area contributed by atoms with Crippen LogP contribution in [0.15, 0.2) is 24.4 Å². The minimum absolute atomic E-state index is 0.816. The third-order valence-corrected chi connectivity index (χ3v) is 1.90. The standard InChI is InChI=1S/C8H10N2O.C2HF3O2/c1-2-5-9-8(4-1)10-6-3-7-11-10;3-2(4,5)1(6)7/h1-2,4-5H,3,6-7H2;(H,6,7). The van der Waals surface area contributed by atoms with Crippen LogP contribution < -0.4 is 5.06 Å². The van der Waals surface area contributed by atoms with Gasteiger partial charge in [-0.25, -0.2) is 14.8 Å². The van der Waals surface area contributed by atoms with Crippen LogP contribution in [0.4, 0.5) is 19.0 Å². The molecule has 0 amide bonds.